The minimum atomic E-state index is -0.302. The molecule has 0 amide bonds. The number of carbonyl (C=O) groups is 1. The van der Waals surface area contributed by atoms with E-state index in [9.17, 15) is 4.79 Å². The second-order valence-electron chi connectivity index (χ2n) is 5.22. The number of imidazole rings is 1. The van der Waals surface area contributed by atoms with E-state index in [1.165, 1.54) is 25.7 Å². The number of aromatic nitrogens is 2. The van der Waals surface area contributed by atoms with Crippen LogP contribution in [0, 0.1) is 0 Å². The standard InChI is InChI=1S/C16H27N2O2/c1-4-5-6-7-9-17-11-12-18(14-17)10-8-13-20-16(19)15(2)3/h11-12,14H,2,4-10,13H2,1,3H3/q+1. The summed E-state index contributed by atoms with van der Waals surface area (Å²) in [7, 11) is 0. The van der Waals surface area contributed by atoms with Crippen molar-refractivity contribution in [1.82, 2.24) is 4.57 Å². The summed E-state index contributed by atoms with van der Waals surface area (Å²) < 4.78 is 9.42. The highest BCUT2D eigenvalue weighted by Gasteiger charge is 2.05. The third-order valence-corrected chi connectivity index (χ3v) is 3.16. The Morgan fingerprint density at radius 2 is 2.10 bits per heavy atom. The monoisotopic (exact) mass is 279 g/mol. The molecule has 0 aliphatic carbocycles. The highest BCUT2D eigenvalue weighted by molar-refractivity contribution is 5.86. The van der Waals surface area contributed by atoms with Gasteiger partial charge in [-0.1, -0.05) is 26.3 Å². The van der Waals surface area contributed by atoms with E-state index in [4.69, 9.17) is 4.74 Å². The number of esters is 1. The van der Waals surface area contributed by atoms with Gasteiger partial charge in [0.2, 0.25) is 6.33 Å². The minimum absolute atomic E-state index is 0.302. The highest BCUT2D eigenvalue weighted by atomic mass is 16.5. The maximum absolute atomic E-state index is 11.2. The van der Waals surface area contributed by atoms with Gasteiger partial charge in [-0.2, -0.15) is 0 Å². The van der Waals surface area contributed by atoms with Gasteiger partial charge in [0, 0.05) is 12.0 Å². The average Bonchev–Trinajstić information content (AvgIpc) is 2.87. The third-order valence-electron chi connectivity index (χ3n) is 3.16. The molecule has 0 unspecified atom stereocenters. The molecule has 1 heterocycles. The van der Waals surface area contributed by atoms with Gasteiger partial charge in [-0.15, -0.1) is 0 Å². The number of unbranched alkanes of at least 4 members (excludes halogenated alkanes) is 3. The van der Waals surface area contributed by atoms with Crippen LogP contribution in [0.3, 0.4) is 0 Å². The summed E-state index contributed by atoms with van der Waals surface area (Å²) in [4.78, 5) is 11.2. The number of hydrogen-bond acceptors (Lipinski definition) is 2. The fraction of sp³-hybridized carbons (Fsp3) is 0.625. The molecule has 4 nitrogen and oxygen atoms in total. The molecule has 0 saturated carbocycles. The maximum Gasteiger partial charge on any atom is 0.333 e. The molecule has 0 atom stereocenters. The van der Waals surface area contributed by atoms with Crippen molar-refractivity contribution < 1.29 is 14.1 Å². The van der Waals surface area contributed by atoms with Crippen molar-refractivity contribution >= 4 is 5.97 Å². The number of ether oxygens (including phenoxy) is 1. The van der Waals surface area contributed by atoms with E-state index in [0.717, 1.165) is 19.5 Å². The molecule has 20 heavy (non-hydrogen) atoms. The molecule has 1 aromatic heterocycles. The molecule has 0 N–H and O–H groups in total. The Hall–Kier alpha value is -1.58. The van der Waals surface area contributed by atoms with Crippen LogP contribution in [-0.2, 0) is 22.6 Å². The van der Waals surface area contributed by atoms with Crippen molar-refractivity contribution in [2.24, 2.45) is 0 Å². The van der Waals surface area contributed by atoms with Gasteiger partial charge in [0.15, 0.2) is 0 Å². The quantitative estimate of drug-likeness (QED) is 0.286. The highest BCUT2D eigenvalue weighted by Crippen LogP contribution is 2.01. The molecule has 0 aliphatic heterocycles. The van der Waals surface area contributed by atoms with Crippen LogP contribution < -0.4 is 4.57 Å². The summed E-state index contributed by atoms with van der Waals surface area (Å²) in [5.74, 6) is -0.302. The second-order valence-corrected chi connectivity index (χ2v) is 5.22. The molecule has 0 saturated heterocycles. The average molecular weight is 279 g/mol. The van der Waals surface area contributed by atoms with E-state index in [1.807, 2.05) is 0 Å². The lowest BCUT2D eigenvalue weighted by Gasteiger charge is -2.02. The van der Waals surface area contributed by atoms with Crippen molar-refractivity contribution in [2.75, 3.05) is 6.61 Å². The fourth-order valence-electron chi connectivity index (χ4n) is 1.96. The van der Waals surface area contributed by atoms with E-state index in [-0.39, 0.29) is 5.97 Å². The van der Waals surface area contributed by atoms with Gasteiger partial charge in [-0.05, 0) is 19.8 Å². The molecule has 4 heteroatoms. The predicted molar refractivity (Wildman–Crippen MR) is 79.2 cm³/mol. The zero-order valence-electron chi connectivity index (χ0n) is 12.8. The molecule has 0 aromatic carbocycles. The van der Waals surface area contributed by atoms with Crippen LogP contribution >= 0.6 is 0 Å². The Bertz CT molecular complexity index is 424. The van der Waals surface area contributed by atoms with Gasteiger partial charge in [-0.25, -0.2) is 13.9 Å². The van der Waals surface area contributed by atoms with Crippen LogP contribution in [0.2, 0.25) is 0 Å². The Labute approximate surface area is 122 Å². The molecule has 1 rings (SSSR count). The molecular formula is C16H27N2O2+. The lowest BCUT2D eigenvalue weighted by Crippen LogP contribution is -2.31. The molecule has 1 aromatic rings. The second kappa shape index (κ2) is 9.34. The number of carbonyl (C=O) groups excluding carboxylic acids is 1. The predicted octanol–water partition coefficient (Wildman–Crippen LogP) is 2.87. The van der Waals surface area contributed by atoms with Crippen molar-refractivity contribution in [2.45, 2.75) is 59.0 Å². The molecule has 0 radical (unpaired) electrons. The van der Waals surface area contributed by atoms with Gasteiger partial charge in [-0.3, -0.25) is 0 Å². The third kappa shape index (κ3) is 6.55. The smallest absolute Gasteiger partial charge is 0.333 e. The zero-order chi connectivity index (χ0) is 14.8. The van der Waals surface area contributed by atoms with E-state index in [0.29, 0.717) is 12.2 Å². The first kappa shape index (κ1) is 16.5. The van der Waals surface area contributed by atoms with Crippen molar-refractivity contribution in [3.05, 3.63) is 30.9 Å². The van der Waals surface area contributed by atoms with Gasteiger partial charge >= 0.3 is 5.97 Å². The molecule has 0 bridgehead atoms. The van der Waals surface area contributed by atoms with Gasteiger partial charge in [0.1, 0.15) is 12.4 Å². The van der Waals surface area contributed by atoms with Crippen LogP contribution in [0.1, 0.15) is 46.0 Å². The Morgan fingerprint density at radius 3 is 2.80 bits per heavy atom. The minimum Gasteiger partial charge on any atom is -0.462 e. The Morgan fingerprint density at radius 1 is 1.30 bits per heavy atom. The normalized spacial score (nSPS) is 10.5. The molecule has 0 fully saturated rings. The van der Waals surface area contributed by atoms with Crippen molar-refractivity contribution in [3.8, 4) is 0 Å². The summed E-state index contributed by atoms with van der Waals surface area (Å²) in [6.45, 7) is 9.84. The molecule has 0 aliphatic rings. The lowest BCUT2D eigenvalue weighted by molar-refractivity contribution is -0.697. The maximum atomic E-state index is 11.2. The molecule has 112 valence electrons. The number of nitrogens with zero attached hydrogens (tertiary/aromatic N) is 2. The van der Waals surface area contributed by atoms with Gasteiger partial charge in [0.05, 0.1) is 19.7 Å². The summed E-state index contributed by atoms with van der Waals surface area (Å²) >= 11 is 0. The Kier molecular flexibility index (Phi) is 7.70. The summed E-state index contributed by atoms with van der Waals surface area (Å²) in [5, 5.41) is 0. The Balaban J connectivity index is 2.17. The van der Waals surface area contributed by atoms with E-state index in [2.05, 4.69) is 41.4 Å². The zero-order valence-corrected chi connectivity index (χ0v) is 12.8. The van der Waals surface area contributed by atoms with E-state index < -0.39 is 0 Å². The largest absolute Gasteiger partial charge is 0.462 e. The first-order valence-corrected chi connectivity index (χ1v) is 7.51. The van der Waals surface area contributed by atoms with Crippen LogP contribution in [0.15, 0.2) is 30.9 Å². The lowest BCUT2D eigenvalue weighted by atomic mass is 10.2. The molecular weight excluding hydrogens is 252 g/mol. The summed E-state index contributed by atoms with van der Waals surface area (Å²) in [6.07, 6.45) is 12.2. The van der Waals surface area contributed by atoms with Gasteiger partial charge in [0.25, 0.3) is 0 Å². The van der Waals surface area contributed by atoms with Crippen molar-refractivity contribution in [1.29, 1.82) is 0 Å². The first-order valence-electron chi connectivity index (χ1n) is 7.51. The van der Waals surface area contributed by atoms with Gasteiger partial charge < -0.3 is 4.74 Å². The summed E-state index contributed by atoms with van der Waals surface area (Å²) in [5.41, 5.74) is 0.455. The van der Waals surface area contributed by atoms with Crippen LogP contribution in [-0.4, -0.2) is 17.1 Å². The number of hydrogen-bond donors (Lipinski definition) is 0. The van der Waals surface area contributed by atoms with E-state index >= 15 is 0 Å². The fourth-order valence-corrected chi connectivity index (χ4v) is 1.96. The van der Waals surface area contributed by atoms with Crippen LogP contribution in [0.5, 0.6) is 0 Å². The SMILES string of the molecule is C=C(C)C(=O)OCCC[n+]1ccn(CCCCCC)c1. The number of rotatable bonds is 10. The summed E-state index contributed by atoms with van der Waals surface area (Å²) in [6, 6.07) is 0. The van der Waals surface area contributed by atoms with Crippen LogP contribution in [0.25, 0.3) is 0 Å². The van der Waals surface area contributed by atoms with Crippen molar-refractivity contribution in [3.63, 3.8) is 0 Å². The topological polar surface area (TPSA) is 35.1 Å². The first-order chi connectivity index (χ1) is 9.63. The van der Waals surface area contributed by atoms with Crippen LogP contribution in [0.4, 0.5) is 0 Å². The number of aryl methyl sites for hydroxylation is 2. The molecule has 0 spiro atoms. The van der Waals surface area contributed by atoms with E-state index in [1.54, 1.807) is 6.92 Å².